The molecule has 7 heteroatoms. The molecule has 0 saturated heterocycles. The van der Waals surface area contributed by atoms with Crippen molar-refractivity contribution in [2.24, 2.45) is 5.92 Å². The van der Waals surface area contributed by atoms with E-state index >= 15 is 0 Å². The Morgan fingerprint density at radius 1 is 1.11 bits per heavy atom. The van der Waals surface area contributed by atoms with Crippen molar-refractivity contribution in [3.8, 4) is 11.1 Å². The van der Waals surface area contributed by atoms with Crippen LogP contribution in [0.4, 0.5) is 5.88 Å². The van der Waals surface area contributed by atoms with Gasteiger partial charge in [-0.15, -0.1) is 0 Å². The Morgan fingerprint density at radius 2 is 1.79 bits per heavy atom. The average Bonchev–Trinajstić information content (AvgIpc) is 3.00. The third-order valence-corrected chi connectivity index (χ3v) is 6.11. The van der Waals surface area contributed by atoms with Crippen LogP contribution in [0.25, 0.3) is 11.1 Å². The molecule has 0 radical (unpaired) electrons. The molecule has 0 fully saturated rings. The van der Waals surface area contributed by atoms with Gasteiger partial charge in [0.25, 0.3) is 10.0 Å². The normalized spacial score (nSPS) is 12.7. The van der Waals surface area contributed by atoms with Crippen LogP contribution in [-0.2, 0) is 16.4 Å². The third-order valence-electron chi connectivity index (χ3n) is 4.72. The number of aliphatic hydroxyl groups is 1. The number of anilines is 1. The summed E-state index contributed by atoms with van der Waals surface area (Å²) in [5, 5.41) is 13.0. The van der Waals surface area contributed by atoms with Gasteiger partial charge in [-0.1, -0.05) is 54.5 Å². The highest BCUT2D eigenvalue weighted by Crippen LogP contribution is 2.30. The van der Waals surface area contributed by atoms with Gasteiger partial charge < -0.3 is 9.63 Å². The van der Waals surface area contributed by atoms with Crippen molar-refractivity contribution in [1.82, 2.24) is 5.16 Å². The average molecular weight is 401 g/mol. The number of aromatic nitrogens is 1. The van der Waals surface area contributed by atoms with Gasteiger partial charge in [0, 0.05) is 17.7 Å². The van der Waals surface area contributed by atoms with Crippen molar-refractivity contribution in [3.05, 3.63) is 65.4 Å². The number of hydrogen-bond acceptors (Lipinski definition) is 5. The molecule has 1 atom stereocenters. The van der Waals surface area contributed by atoms with Crippen LogP contribution >= 0.6 is 0 Å². The molecule has 1 unspecified atom stereocenters. The predicted molar refractivity (Wildman–Crippen MR) is 109 cm³/mol. The van der Waals surface area contributed by atoms with Crippen LogP contribution in [0.3, 0.4) is 0 Å². The van der Waals surface area contributed by atoms with Crippen molar-refractivity contribution >= 4 is 15.9 Å². The Balaban J connectivity index is 1.93. The van der Waals surface area contributed by atoms with Gasteiger partial charge in [0.05, 0.1) is 10.6 Å². The van der Waals surface area contributed by atoms with E-state index < -0.39 is 10.0 Å². The predicted octanol–water partition coefficient (Wildman–Crippen LogP) is 3.93. The van der Waals surface area contributed by atoms with Crippen molar-refractivity contribution in [3.63, 3.8) is 0 Å². The Morgan fingerprint density at radius 3 is 2.39 bits per heavy atom. The first kappa shape index (κ1) is 20.1. The van der Waals surface area contributed by atoms with Crippen molar-refractivity contribution < 1.29 is 18.0 Å². The van der Waals surface area contributed by atoms with E-state index in [9.17, 15) is 13.5 Å². The standard InChI is InChI=1S/C21H24N2O4S/c1-14(13-24)12-17-8-10-18(11-9-17)19-6-4-5-7-20(19)28(25,26)23-21-15(2)16(3)22-27-21/h4-11,14,23-24H,12-13H2,1-3H3. The molecule has 2 N–H and O–H groups in total. The smallest absolute Gasteiger partial charge is 0.264 e. The number of nitrogens with zero attached hydrogens (tertiary/aromatic N) is 1. The summed E-state index contributed by atoms with van der Waals surface area (Å²) in [5.41, 5.74) is 3.79. The molecule has 2 aromatic carbocycles. The monoisotopic (exact) mass is 400 g/mol. The lowest BCUT2D eigenvalue weighted by molar-refractivity contribution is 0.237. The summed E-state index contributed by atoms with van der Waals surface area (Å²) in [4.78, 5) is 0.167. The maximum absolute atomic E-state index is 13.0. The highest BCUT2D eigenvalue weighted by atomic mass is 32.2. The van der Waals surface area contributed by atoms with Crippen molar-refractivity contribution in [2.75, 3.05) is 11.3 Å². The molecule has 0 aliphatic heterocycles. The van der Waals surface area contributed by atoms with Crippen molar-refractivity contribution in [1.29, 1.82) is 0 Å². The zero-order chi connectivity index (χ0) is 20.3. The summed E-state index contributed by atoms with van der Waals surface area (Å²) in [5.74, 6) is 0.303. The van der Waals surface area contributed by atoms with Gasteiger partial charge in [0.15, 0.2) is 0 Å². The summed E-state index contributed by atoms with van der Waals surface area (Å²) >= 11 is 0. The lowest BCUT2D eigenvalue weighted by Gasteiger charge is -2.12. The van der Waals surface area contributed by atoms with Gasteiger partial charge in [-0.3, -0.25) is 0 Å². The minimum Gasteiger partial charge on any atom is -0.396 e. The molecular formula is C21H24N2O4S. The Bertz CT molecular complexity index is 1060. The first-order chi connectivity index (χ1) is 13.3. The van der Waals surface area contributed by atoms with E-state index in [1.54, 1.807) is 38.1 Å². The highest BCUT2D eigenvalue weighted by Gasteiger charge is 2.22. The fraction of sp³-hybridized carbons (Fsp3) is 0.286. The molecule has 6 nitrogen and oxygen atoms in total. The summed E-state index contributed by atoms with van der Waals surface area (Å²) < 4.78 is 33.6. The quantitative estimate of drug-likeness (QED) is 0.627. The molecule has 28 heavy (non-hydrogen) atoms. The van der Waals surface area contributed by atoms with E-state index in [1.165, 1.54) is 0 Å². The molecule has 0 amide bonds. The van der Waals surface area contributed by atoms with Gasteiger partial charge in [-0.2, -0.15) is 0 Å². The minimum absolute atomic E-state index is 0.126. The number of rotatable bonds is 7. The summed E-state index contributed by atoms with van der Waals surface area (Å²) in [7, 11) is -3.85. The maximum Gasteiger partial charge on any atom is 0.264 e. The van der Waals surface area contributed by atoms with Crippen LogP contribution in [0.1, 0.15) is 23.7 Å². The van der Waals surface area contributed by atoms with Crippen LogP contribution in [0.2, 0.25) is 0 Å². The first-order valence-corrected chi connectivity index (χ1v) is 10.5. The van der Waals surface area contributed by atoms with E-state index in [-0.39, 0.29) is 23.3 Å². The fourth-order valence-corrected chi connectivity index (χ4v) is 4.19. The van der Waals surface area contributed by atoms with E-state index in [4.69, 9.17) is 4.52 Å². The number of nitrogens with one attached hydrogen (secondary N) is 1. The molecule has 1 heterocycles. The molecule has 0 spiro atoms. The van der Waals surface area contributed by atoms with Crippen LogP contribution in [0.15, 0.2) is 57.9 Å². The molecule has 0 aliphatic rings. The van der Waals surface area contributed by atoms with Gasteiger partial charge in [-0.05, 0) is 43.4 Å². The van der Waals surface area contributed by atoms with E-state index in [2.05, 4.69) is 9.88 Å². The second-order valence-corrected chi connectivity index (χ2v) is 8.66. The van der Waals surface area contributed by atoms with Gasteiger partial charge in [0.1, 0.15) is 0 Å². The molecule has 0 saturated carbocycles. The Hall–Kier alpha value is -2.64. The minimum atomic E-state index is -3.85. The lowest BCUT2D eigenvalue weighted by Crippen LogP contribution is -2.14. The maximum atomic E-state index is 13.0. The number of sulfonamides is 1. The third kappa shape index (κ3) is 4.26. The van der Waals surface area contributed by atoms with Gasteiger partial charge >= 0.3 is 0 Å². The van der Waals surface area contributed by atoms with Gasteiger partial charge in [-0.25, -0.2) is 13.1 Å². The fourth-order valence-electron chi connectivity index (χ4n) is 2.91. The molecular weight excluding hydrogens is 376 g/mol. The summed E-state index contributed by atoms with van der Waals surface area (Å²) in [6, 6.07) is 14.6. The van der Waals surface area contributed by atoms with Gasteiger partial charge in [0.2, 0.25) is 5.88 Å². The highest BCUT2D eigenvalue weighted by molar-refractivity contribution is 7.92. The first-order valence-electron chi connectivity index (χ1n) is 9.06. The number of aliphatic hydroxyl groups excluding tert-OH is 1. The van der Waals surface area contributed by atoms with Crippen molar-refractivity contribution in [2.45, 2.75) is 32.1 Å². The topological polar surface area (TPSA) is 92.4 Å². The van der Waals surface area contributed by atoms with Crippen LogP contribution < -0.4 is 4.72 Å². The summed E-state index contributed by atoms with van der Waals surface area (Å²) in [6.45, 7) is 5.62. The molecule has 148 valence electrons. The van der Waals surface area contributed by atoms with E-state index in [0.29, 0.717) is 16.8 Å². The zero-order valence-corrected chi connectivity index (χ0v) is 17.0. The van der Waals surface area contributed by atoms with Crippen LogP contribution in [-0.4, -0.2) is 25.3 Å². The molecule has 3 aromatic rings. The molecule has 1 aromatic heterocycles. The number of aryl methyl sites for hydroxylation is 1. The lowest BCUT2D eigenvalue weighted by atomic mass is 9.98. The second-order valence-electron chi connectivity index (χ2n) is 7.01. The largest absolute Gasteiger partial charge is 0.396 e. The SMILES string of the molecule is Cc1noc(NS(=O)(=O)c2ccccc2-c2ccc(CC(C)CO)cc2)c1C. The van der Waals surface area contributed by atoms with Crippen LogP contribution in [0.5, 0.6) is 0 Å². The molecule has 0 bridgehead atoms. The number of benzene rings is 2. The Kier molecular flexibility index (Phi) is 5.86. The number of hydrogen-bond donors (Lipinski definition) is 2. The van der Waals surface area contributed by atoms with Crippen LogP contribution in [0, 0.1) is 19.8 Å². The van der Waals surface area contributed by atoms with E-state index in [0.717, 1.165) is 17.5 Å². The summed E-state index contributed by atoms with van der Waals surface area (Å²) in [6.07, 6.45) is 0.766. The van der Waals surface area contributed by atoms with E-state index in [1.807, 2.05) is 31.2 Å². The second kappa shape index (κ2) is 8.16. The Labute approximate surface area is 165 Å². The molecule has 0 aliphatic carbocycles. The zero-order valence-electron chi connectivity index (χ0n) is 16.1. The molecule has 3 rings (SSSR count).